The Labute approximate surface area is 130 Å². The second-order valence-electron chi connectivity index (χ2n) is 5.34. The van der Waals surface area contributed by atoms with E-state index in [1.807, 2.05) is 6.08 Å². The normalized spacial score (nSPS) is 16.3. The largest absolute Gasteiger partial charge is 0.407 e. The van der Waals surface area contributed by atoms with Crippen LogP contribution in [0.3, 0.4) is 0 Å². The van der Waals surface area contributed by atoms with Crippen LogP contribution in [0.25, 0.3) is 12.2 Å². The maximum absolute atomic E-state index is 12.9. The van der Waals surface area contributed by atoms with Gasteiger partial charge < -0.3 is 14.7 Å². The number of nitrogens with zero attached hydrogens (tertiary/aromatic N) is 3. The van der Waals surface area contributed by atoms with Crippen LogP contribution in [0.1, 0.15) is 23.8 Å². The molecular weight excluding hydrogens is 297 g/mol. The molecule has 1 aliphatic rings. The lowest BCUT2D eigenvalue weighted by atomic mass is 10.0. The van der Waals surface area contributed by atoms with Crippen molar-refractivity contribution < 1.29 is 8.81 Å². The van der Waals surface area contributed by atoms with Gasteiger partial charge in [0.1, 0.15) is 5.82 Å². The van der Waals surface area contributed by atoms with Crippen molar-refractivity contribution in [2.75, 3.05) is 5.32 Å². The van der Waals surface area contributed by atoms with Gasteiger partial charge in [-0.15, -0.1) is 5.10 Å². The van der Waals surface area contributed by atoms with Crippen LogP contribution in [0.15, 0.2) is 35.0 Å². The second-order valence-corrected chi connectivity index (χ2v) is 5.34. The average molecular weight is 311 g/mol. The summed E-state index contributed by atoms with van der Waals surface area (Å²) in [4.78, 5) is 7.32. The average Bonchev–Trinajstić information content (AvgIpc) is 3.22. The van der Waals surface area contributed by atoms with E-state index in [1.54, 1.807) is 18.5 Å². The van der Waals surface area contributed by atoms with Crippen LogP contribution in [0.2, 0.25) is 0 Å². The van der Waals surface area contributed by atoms with Gasteiger partial charge in [0.25, 0.3) is 0 Å². The second kappa shape index (κ2) is 5.68. The maximum atomic E-state index is 12.9. The van der Waals surface area contributed by atoms with E-state index >= 15 is 0 Å². The molecule has 0 bridgehead atoms. The molecule has 2 N–H and O–H groups in total. The van der Waals surface area contributed by atoms with Gasteiger partial charge in [0, 0.05) is 6.54 Å². The summed E-state index contributed by atoms with van der Waals surface area (Å²) in [5, 5.41) is 13.1. The quantitative estimate of drug-likeness (QED) is 0.759. The number of aromatic nitrogens is 4. The summed E-state index contributed by atoms with van der Waals surface area (Å²) >= 11 is 0. The molecule has 2 aromatic heterocycles. The molecule has 0 saturated heterocycles. The van der Waals surface area contributed by atoms with Gasteiger partial charge in [-0.25, -0.2) is 9.37 Å². The number of halogens is 1. The molecule has 6 nitrogen and oxygen atoms in total. The van der Waals surface area contributed by atoms with Gasteiger partial charge in [0.2, 0.25) is 5.89 Å². The van der Waals surface area contributed by atoms with E-state index in [0.717, 1.165) is 22.7 Å². The fourth-order valence-electron chi connectivity index (χ4n) is 2.52. The van der Waals surface area contributed by atoms with Crippen molar-refractivity contribution in [1.82, 2.24) is 20.2 Å². The first kappa shape index (κ1) is 13.7. The zero-order valence-corrected chi connectivity index (χ0v) is 12.2. The minimum Gasteiger partial charge on any atom is -0.407 e. The summed E-state index contributed by atoms with van der Waals surface area (Å²) in [6.45, 7) is 0.492. The van der Waals surface area contributed by atoms with Gasteiger partial charge >= 0.3 is 6.01 Å². The monoisotopic (exact) mass is 311 g/mol. The molecule has 0 aliphatic heterocycles. The van der Waals surface area contributed by atoms with Crippen molar-refractivity contribution in [2.24, 2.45) is 0 Å². The number of H-pyrrole nitrogens is 1. The number of benzene rings is 1. The summed E-state index contributed by atoms with van der Waals surface area (Å²) in [5.74, 6) is 0.326. The standard InChI is InChI=1S/C16H14FN5O/c17-12-4-1-10(2-5-12)8-18-16-22-21-15(23-16)11-3-6-13-14(7-11)20-9-19-13/h1-2,4-7,9,11H,3,8H2,(H,18,22)(H,19,20). The SMILES string of the molecule is Fc1ccc(CNc2nnc(C3C=c4nc[nH]c4=CC3)o2)cc1. The van der Waals surface area contributed by atoms with Crippen LogP contribution in [-0.2, 0) is 6.54 Å². The lowest BCUT2D eigenvalue weighted by molar-refractivity contribution is 0.492. The number of fused-ring (bicyclic) bond motifs is 1. The fourth-order valence-corrected chi connectivity index (χ4v) is 2.52. The minimum absolute atomic E-state index is 0.0275. The van der Waals surface area contributed by atoms with Crippen LogP contribution >= 0.6 is 0 Å². The molecule has 3 aromatic rings. The number of aromatic amines is 1. The molecular formula is C16H14FN5O. The Kier molecular flexibility index (Phi) is 3.38. The number of nitrogens with one attached hydrogen (secondary N) is 2. The number of imidazole rings is 1. The summed E-state index contributed by atoms with van der Waals surface area (Å²) in [6, 6.07) is 6.62. The van der Waals surface area contributed by atoms with E-state index in [2.05, 4.69) is 31.6 Å². The van der Waals surface area contributed by atoms with Crippen molar-refractivity contribution in [3.63, 3.8) is 0 Å². The first-order valence-electron chi connectivity index (χ1n) is 7.31. The molecule has 1 aliphatic carbocycles. The van der Waals surface area contributed by atoms with Gasteiger partial charge in [-0.1, -0.05) is 23.3 Å². The Morgan fingerprint density at radius 3 is 3.00 bits per heavy atom. The van der Waals surface area contributed by atoms with Gasteiger partial charge in [-0.05, 0) is 30.2 Å². The highest BCUT2D eigenvalue weighted by Gasteiger charge is 2.18. The van der Waals surface area contributed by atoms with Crippen LogP contribution in [0.4, 0.5) is 10.4 Å². The summed E-state index contributed by atoms with van der Waals surface area (Å²) < 4.78 is 18.5. The molecule has 0 fully saturated rings. The Bertz CT molecular complexity index is 928. The van der Waals surface area contributed by atoms with Gasteiger partial charge in [0.15, 0.2) is 0 Å². The topological polar surface area (TPSA) is 79.6 Å². The summed E-state index contributed by atoms with van der Waals surface area (Å²) in [6.07, 6.45) is 6.55. The first-order valence-corrected chi connectivity index (χ1v) is 7.31. The van der Waals surface area contributed by atoms with E-state index in [4.69, 9.17) is 4.42 Å². The van der Waals surface area contributed by atoms with E-state index in [0.29, 0.717) is 18.5 Å². The fraction of sp³-hybridized carbons (Fsp3) is 0.188. The van der Waals surface area contributed by atoms with Crippen molar-refractivity contribution >= 4 is 18.2 Å². The molecule has 1 atom stereocenters. The number of rotatable bonds is 4. The Morgan fingerprint density at radius 1 is 1.26 bits per heavy atom. The zero-order chi connectivity index (χ0) is 15.6. The highest BCUT2D eigenvalue weighted by atomic mass is 19.1. The van der Waals surface area contributed by atoms with Crippen molar-refractivity contribution in [3.8, 4) is 0 Å². The molecule has 2 heterocycles. The summed E-state index contributed by atoms with van der Waals surface area (Å²) in [7, 11) is 0. The van der Waals surface area contributed by atoms with Gasteiger partial charge in [-0.2, -0.15) is 0 Å². The number of anilines is 1. The highest BCUT2D eigenvalue weighted by Crippen LogP contribution is 2.23. The van der Waals surface area contributed by atoms with Gasteiger partial charge in [0.05, 0.1) is 22.9 Å². The highest BCUT2D eigenvalue weighted by molar-refractivity contribution is 5.42. The molecule has 4 rings (SSSR count). The molecule has 7 heteroatoms. The van der Waals surface area contributed by atoms with E-state index in [1.165, 1.54) is 12.1 Å². The molecule has 1 unspecified atom stereocenters. The molecule has 0 radical (unpaired) electrons. The third-order valence-corrected chi connectivity index (χ3v) is 3.75. The van der Waals surface area contributed by atoms with Crippen molar-refractivity contribution in [1.29, 1.82) is 0 Å². The minimum atomic E-state index is -0.254. The number of hydrogen-bond acceptors (Lipinski definition) is 5. The predicted molar refractivity (Wildman–Crippen MR) is 82.2 cm³/mol. The van der Waals surface area contributed by atoms with Crippen molar-refractivity contribution in [3.05, 3.63) is 58.6 Å². The lowest BCUT2D eigenvalue weighted by Crippen LogP contribution is -2.28. The Hall–Kier alpha value is -2.96. The predicted octanol–water partition coefficient (Wildman–Crippen LogP) is 1.29. The van der Waals surface area contributed by atoms with Crippen molar-refractivity contribution in [2.45, 2.75) is 18.9 Å². The number of hydrogen-bond donors (Lipinski definition) is 2. The Balaban J connectivity index is 1.46. The molecule has 23 heavy (non-hydrogen) atoms. The lowest BCUT2D eigenvalue weighted by Gasteiger charge is -2.06. The third-order valence-electron chi connectivity index (χ3n) is 3.75. The summed E-state index contributed by atoms with van der Waals surface area (Å²) in [5.41, 5.74) is 0.935. The van der Waals surface area contributed by atoms with Crippen LogP contribution < -0.4 is 16.0 Å². The first-order chi connectivity index (χ1) is 11.3. The molecule has 0 spiro atoms. The zero-order valence-electron chi connectivity index (χ0n) is 12.2. The van der Waals surface area contributed by atoms with E-state index < -0.39 is 0 Å². The van der Waals surface area contributed by atoms with Gasteiger partial charge in [-0.3, -0.25) is 0 Å². The third kappa shape index (κ3) is 2.85. The van der Waals surface area contributed by atoms with Crippen LogP contribution in [-0.4, -0.2) is 20.2 Å². The molecule has 0 amide bonds. The van der Waals surface area contributed by atoms with Crippen LogP contribution in [0.5, 0.6) is 0 Å². The van der Waals surface area contributed by atoms with Crippen LogP contribution in [0, 0.1) is 5.82 Å². The maximum Gasteiger partial charge on any atom is 0.315 e. The smallest absolute Gasteiger partial charge is 0.315 e. The molecule has 116 valence electrons. The molecule has 1 aromatic carbocycles. The van der Waals surface area contributed by atoms with E-state index in [9.17, 15) is 4.39 Å². The Morgan fingerprint density at radius 2 is 2.13 bits per heavy atom. The molecule has 0 saturated carbocycles. The van der Waals surface area contributed by atoms with E-state index in [-0.39, 0.29) is 11.7 Å².